The molecule has 0 saturated carbocycles. The van der Waals surface area contributed by atoms with Crippen molar-refractivity contribution in [3.8, 4) is 12.3 Å². The van der Waals surface area contributed by atoms with Crippen LogP contribution in [0.3, 0.4) is 0 Å². The second-order valence-electron chi connectivity index (χ2n) is 2.15. The van der Waals surface area contributed by atoms with E-state index in [1.54, 1.807) is 0 Å². The molecule has 2 heteroatoms. The van der Waals surface area contributed by atoms with Crippen molar-refractivity contribution >= 4 is 5.78 Å². The van der Waals surface area contributed by atoms with Gasteiger partial charge in [-0.1, -0.05) is 19.3 Å². The molecule has 0 amide bonds. The van der Waals surface area contributed by atoms with Crippen LogP contribution in [-0.4, -0.2) is 17.0 Å². The average molecular weight is 140 g/mol. The standard InChI is InChI=1S/C8H12O2/c1-3-5-7(9)8(10)6-4-2/h1,8,10H,4-6H2,2H3. The molecule has 0 radical (unpaired) electrons. The first-order valence-corrected chi connectivity index (χ1v) is 3.36. The fourth-order valence-electron chi connectivity index (χ4n) is 0.653. The van der Waals surface area contributed by atoms with Crippen LogP contribution in [0.15, 0.2) is 0 Å². The molecule has 0 aliphatic rings. The van der Waals surface area contributed by atoms with Gasteiger partial charge < -0.3 is 5.11 Å². The average Bonchev–Trinajstić information content (AvgIpc) is 1.89. The van der Waals surface area contributed by atoms with E-state index in [0.717, 1.165) is 6.42 Å². The highest BCUT2D eigenvalue weighted by molar-refractivity contribution is 5.84. The molecule has 1 N–H and O–H groups in total. The van der Waals surface area contributed by atoms with Crippen molar-refractivity contribution in [3.63, 3.8) is 0 Å². The maximum atomic E-state index is 10.7. The Kier molecular flexibility index (Phi) is 4.61. The Bertz CT molecular complexity index is 144. The molecule has 0 aromatic rings. The van der Waals surface area contributed by atoms with Crippen LogP contribution in [0.1, 0.15) is 26.2 Å². The first-order chi connectivity index (χ1) is 4.72. The van der Waals surface area contributed by atoms with Crippen LogP contribution in [0.2, 0.25) is 0 Å². The molecule has 0 saturated heterocycles. The van der Waals surface area contributed by atoms with Gasteiger partial charge in [-0.25, -0.2) is 0 Å². The number of terminal acetylenes is 1. The number of rotatable bonds is 4. The minimum absolute atomic E-state index is 0.0428. The van der Waals surface area contributed by atoms with Crippen molar-refractivity contribution in [1.82, 2.24) is 0 Å². The van der Waals surface area contributed by atoms with E-state index in [-0.39, 0.29) is 12.2 Å². The zero-order valence-corrected chi connectivity index (χ0v) is 6.13. The van der Waals surface area contributed by atoms with Crippen LogP contribution < -0.4 is 0 Å². The third-order valence-electron chi connectivity index (χ3n) is 1.21. The number of aliphatic hydroxyl groups excluding tert-OH is 1. The van der Waals surface area contributed by atoms with Gasteiger partial charge in [0.25, 0.3) is 0 Å². The summed E-state index contributed by atoms with van der Waals surface area (Å²) in [4.78, 5) is 10.7. The minimum Gasteiger partial charge on any atom is -0.385 e. The molecule has 0 aromatic carbocycles. The number of Topliss-reactive ketones (excluding diaryl/α,β-unsaturated/α-hetero) is 1. The molecule has 10 heavy (non-hydrogen) atoms. The molecule has 0 bridgehead atoms. The lowest BCUT2D eigenvalue weighted by atomic mass is 10.1. The lowest BCUT2D eigenvalue weighted by molar-refractivity contribution is -0.126. The molecule has 56 valence electrons. The normalized spacial score (nSPS) is 12.1. The molecule has 0 rings (SSSR count). The van der Waals surface area contributed by atoms with Crippen LogP contribution in [-0.2, 0) is 4.79 Å². The van der Waals surface area contributed by atoms with Gasteiger partial charge in [0.2, 0.25) is 0 Å². The van der Waals surface area contributed by atoms with Gasteiger partial charge in [0, 0.05) is 0 Å². The fourth-order valence-corrected chi connectivity index (χ4v) is 0.653. The Morgan fingerprint density at radius 3 is 2.80 bits per heavy atom. The predicted octanol–water partition coefficient (Wildman–Crippen LogP) is 0.740. The van der Waals surface area contributed by atoms with Crippen molar-refractivity contribution in [2.75, 3.05) is 0 Å². The molecule has 0 aromatic heterocycles. The summed E-state index contributed by atoms with van der Waals surface area (Å²) in [6, 6.07) is 0. The van der Waals surface area contributed by atoms with Gasteiger partial charge in [0.15, 0.2) is 5.78 Å². The van der Waals surface area contributed by atoms with Gasteiger partial charge in [0.1, 0.15) is 6.10 Å². The molecular weight excluding hydrogens is 128 g/mol. The summed E-state index contributed by atoms with van der Waals surface area (Å²) < 4.78 is 0. The van der Waals surface area contributed by atoms with E-state index < -0.39 is 6.10 Å². The number of aliphatic hydroxyl groups is 1. The number of ketones is 1. The molecule has 1 unspecified atom stereocenters. The fraction of sp³-hybridized carbons (Fsp3) is 0.625. The number of hydrogen-bond acceptors (Lipinski definition) is 2. The van der Waals surface area contributed by atoms with Gasteiger partial charge in [0.05, 0.1) is 6.42 Å². The molecular formula is C8H12O2. The van der Waals surface area contributed by atoms with Gasteiger partial charge in [-0.2, -0.15) is 0 Å². The predicted molar refractivity (Wildman–Crippen MR) is 39.4 cm³/mol. The second-order valence-corrected chi connectivity index (χ2v) is 2.15. The van der Waals surface area contributed by atoms with E-state index in [9.17, 15) is 4.79 Å². The van der Waals surface area contributed by atoms with Crippen LogP contribution >= 0.6 is 0 Å². The van der Waals surface area contributed by atoms with E-state index in [1.807, 2.05) is 6.92 Å². The maximum Gasteiger partial charge on any atom is 0.173 e. The van der Waals surface area contributed by atoms with Crippen LogP contribution in [0.5, 0.6) is 0 Å². The quantitative estimate of drug-likeness (QED) is 0.585. The number of hydrogen-bond donors (Lipinski definition) is 1. The van der Waals surface area contributed by atoms with Gasteiger partial charge in [-0.05, 0) is 6.42 Å². The monoisotopic (exact) mass is 140 g/mol. The number of carbonyl (C=O) groups is 1. The van der Waals surface area contributed by atoms with Crippen molar-refractivity contribution in [1.29, 1.82) is 0 Å². The highest BCUT2D eigenvalue weighted by Crippen LogP contribution is 1.99. The molecule has 0 aliphatic carbocycles. The van der Waals surface area contributed by atoms with Crippen molar-refractivity contribution in [2.45, 2.75) is 32.3 Å². The zero-order chi connectivity index (χ0) is 7.98. The van der Waals surface area contributed by atoms with Crippen LogP contribution in [0.25, 0.3) is 0 Å². The second kappa shape index (κ2) is 5.01. The first kappa shape index (κ1) is 9.19. The summed E-state index contributed by atoms with van der Waals surface area (Å²) in [5.74, 6) is 1.95. The third kappa shape index (κ3) is 3.26. The minimum atomic E-state index is -0.846. The van der Waals surface area contributed by atoms with Crippen molar-refractivity contribution in [2.24, 2.45) is 0 Å². The lowest BCUT2D eigenvalue weighted by Gasteiger charge is -2.03. The summed E-state index contributed by atoms with van der Waals surface area (Å²) in [7, 11) is 0. The number of carbonyl (C=O) groups excluding carboxylic acids is 1. The highest BCUT2D eigenvalue weighted by atomic mass is 16.3. The molecule has 1 atom stereocenters. The zero-order valence-electron chi connectivity index (χ0n) is 6.13. The van der Waals surface area contributed by atoms with Gasteiger partial charge in [-0.15, -0.1) is 6.42 Å². The summed E-state index contributed by atoms with van der Waals surface area (Å²) in [6.45, 7) is 1.91. The summed E-state index contributed by atoms with van der Waals surface area (Å²) >= 11 is 0. The first-order valence-electron chi connectivity index (χ1n) is 3.36. The maximum absolute atomic E-state index is 10.7. The summed E-state index contributed by atoms with van der Waals surface area (Å²) in [5.41, 5.74) is 0. The largest absolute Gasteiger partial charge is 0.385 e. The SMILES string of the molecule is C#CCC(=O)C(O)CCC. The highest BCUT2D eigenvalue weighted by Gasteiger charge is 2.11. The molecule has 0 spiro atoms. The van der Waals surface area contributed by atoms with Crippen LogP contribution in [0.4, 0.5) is 0 Å². The molecule has 0 aliphatic heterocycles. The van der Waals surface area contributed by atoms with E-state index >= 15 is 0 Å². The van der Waals surface area contributed by atoms with Gasteiger partial charge in [-0.3, -0.25) is 4.79 Å². The molecule has 0 fully saturated rings. The van der Waals surface area contributed by atoms with E-state index in [2.05, 4.69) is 5.92 Å². The summed E-state index contributed by atoms with van der Waals surface area (Å²) in [5, 5.41) is 9.00. The topological polar surface area (TPSA) is 37.3 Å². The Hall–Kier alpha value is -0.810. The smallest absolute Gasteiger partial charge is 0.173 e. The Balaban J connectivity index is 3.62. The van der Waals surface area contributed by atoms with Gasteiger partial charge >= 0.3 is 0 Å². The third-order valence-corrected chi connectivity index (χ3v) is 1.21. The molecule has 0 heterocycles. The van der Waals surface area contributed by atoms with E-state index in [0.29, 0.717) is 6.42 Å². The lowest BCUT2D eigenvalue weighted by Crippen LogP contribution is -2.18. The summed E-state index contributed by atoms with van der Waals surface area (Å²) in [6.07, 6.45) is 5.40. The molecule has 2 nitrogen and oxygen atoms in total. The van der Waals surface area contributed by atoms with E-state index in [4.69, 9.17) is 11.5 Å². The van der Waals surface area contributed by atoms with Crippen molar-refractivity contribution in [3.05, 3.63) is 0 Å². The Morgan fingerprint density at radius 1 is 1.80 bits per heavy atom. The Labute approximate surface area is 61.2 Å². The Morgan fingerprint density at radius 2 is 2.40 bits per heavy atom. The van der Waals surface area contributed by atoms with E-state index in [1.165, 1.54) is 0 Å². The van der Waals surface area contributed by atoms with Crippen molar-refractivity contribution < 1.29 is 9.90 Å². The van der Waals surface area contributed by atoms with Crippen LogP contribution in [0, 0.1) is 12.3 Å².